The van der Waals surface area contributed by atoms with Crippen molar-refractivity contribution in [2.75, 3.05) is 13.2 Å². The molecular formula is C30H31N3O4. The second-order valence-electron chi connectivity index (χ2n) is 9.99. The van der Waals surface area contributed by atoms with Gasteiger partial charge in [0.25, 0.3) is 5.91 Å². The molecule has 0 radical (unpaired) electrons. The molecule has 3 heterocycles. The minimum Gasteiger partial charge on any atom is -0.388 e. The third kappa shape index (κ3) is 4.13. The van der Waals surface area contributed by atoms with E-state index in [9.17, 15) is 9.90 Å². The SMILES string of the molecule is CCn1c(-c2ccccc2-c2ccc(C)cc2C)nc2cc(C(=O)N[C@@H]3CO[C@H]4[C@@H]3OC[C@H]4O)ccc21. The lowest BCUT2D eigenvalue weighted by Gasteiger charge is -2.17. The van der Waals surface area contributed by atoms with E-state index in [4.69, 9.17) is 14.5 Å². The number of aliphatic hydroxyl groups is 1. The average molecular weight is 498 g/mol. The summed E-state index contributed by atoms with van der Waals surface area (Å²) in [5.74, 6) is 0.676. The number of carbonyl (C=O) groups excluding carboxylic acids is 1. The van der Waals surface area contributed by atoms with Crippen LogP contribution >= 0.6 is 0 Å². The number of nitrogens with one attached hydrogen (secondary N) is 1. The first-order valence-electron chi connectivity index (χ1n) is 12.8. The van der Waals surface area contributed by atoms with Crippen LogP contribution in [0.15, 0.2) is 60.7 Å². The first-order valence-corrected chi connectivity index (χ1v) is 12.8. The molecule has 2 aliphatic rings. The Morgan fingerprint density at radius 3 is 2.57 bits per heavy atom. The van der Waals surface area contributed by atoms with Gasteiger partial charge in [0.05, 0.1) is 30.3 Å². The monoisotopic (exact) mass is 497 g/mol. The van der Waals surface area contributed by atoms with E-state index in [0.717, 1.165) is 34.5 Å². The van der Waals surface area contributed by atoms with Gasteiger partial charge in [-0.25, -0.2) is 4.98 Å². The Morgan fingerprint density at radius 1 is 1.00 bits per heavy atom. The average Bonchev–Trinajstić information content (AvgIpc) is 3.58. The van der Waals surface area contributed by atoms with Gasteiger partial charge in [-0.1, -0.05) is 48.0 Å². The van der Waals surface area contributed by atoms with Crippen molar-refractivity contribution in [1.29, 1.82) is 0 Å². The van der Waals surface area contributed by atoms with Crippen LogP contribution < -0.4 is 5.32 Å². The van der Waals surface area contributed by atoms with Crippen LogP contribution in [0, 0.1) is 13.8 Å². The molecule has 2 aliphatic heterocycles. The van der Waals surface area contributed by atoms with Crippen LogP contribution in [-0.4, -0.2) is 58.1 Å². The van der Waals surface area contributed by atoms with Crippen molar-refractivity contribution in [3.8, 4) is 22.5 Å². The fraction of sp³-hybridized carbons (Fsp3) is 0.333. The van der Waals surface area contributed by atoms with Crippen molar-refractivity contribution >= 4 is 16.9 Å². The Labute approximate surface area is 216 Å². The van der Waals surface area contributed by atoms with Gasteiger partial charge in [-0.3, -0.25) is 4.79 Å². The Morgan fingerprint density at radius 2 is 1.78 bits per heavy atom. The molecule has 2 N–H and O–H groups in total. The van der Waals surface area contributed by atoms with Gasteiger partial charge in [-0.15, -0.1) is 0 Å². The van der Waals surface area contributed by atoms with E-state index in [1.54, 1.807) is 0 Å². The zero-order valence-electron chi connectivity index (χ0n) is 21.3. The Bertz CT molecular complexity index is 1490. The number of carbonyl (C=O) groups is 1. The number of amides is 1. The number of ether oxygens (including phenoxy) is 2. The number of aliphatic hydroxyl groups excluding tert-OH is 1. The molecule has 0 saturated carbocycles. The van der Waals surface area contributed by atoms with Gasteiger partial charge in [0.1, 0.15) is 24.1 Å². The van der Waals surface area contributed by atoms with Crippen molar-refractivity contribution in [3.05, 3.63) is 77.4 Å². The first kappa shape index (κ1) is 23.9. The largest absolute Gasteiger partial charge is 0.388 e. The van der Waals surface area contributed by atoms with Crippen LogP contribution in [0.3, 0.4) is 0 Å². The molecule has 0 unspecified atom stereocenters. The van der Waals surface area contributed by atoms with Gasteiger partial charge >= 0.3 is 0 Å². The van der Waals surface area contributed by atoms with Crippen LogP contribution in [0.1, 0.15) is 28.4 Å². The van der Waals surface area contributed by atoms with Crippen LogP contribution in [0.2, 0.25) is 0 Å². The van der Waals surface area contributed by atoms with Crippen molar-refractivity contribution in [3.63, 3.8) is 0 Å². The Balaban J connectivity index is 1.35. The van der Waals surface area contributed by atoms with Crippen LogP contribution in [0.4, 0.5) is 0 Å². The molecule has 0 bridgehead atoms. The van der Waals surface area contributed by atoms with Crippen LogP contribution in [0.5, 0.6) is 0 Å². The van der Waals surface area contributed by atoms with E-state index in [2.05, 4.69) is 67.1 Å². The summed E-state index contributed by atoms with van der Waals surface area (Å²) in [4.78, 5) is 18.2. The second kappa shape index (κ2) is 9.41. The molecular weight excluding hydrogens is 466 g/mol. The summed E-state index contributed by atoms with van der Waals surface area (Å²) in [6.07, 6.45) is -1.35. The molecule has 190 valence electrons. The highest BCUT2D eigenvalue weighted by Crippen LogP contribution is 2.35. The molecule has 6 rings (SSSR count). The van der Waals surface area contributed by atoms with Crippen LogP contribution in [-0.2, 0) is 16.0 Å². The lowest BCUT2D eigenvalue weighted by Crippen LogP contribution is -2.44. The number of benzene rings is 3. The van der Waals surface area contributed by atoms with Crippen molar-refractivity contribution in [1.82, 2.24) is 14.9 Å². The van der Waals surface area contributed by atoms with E-state index >= 15 is 0 Å². The topological polar surface area (TPSA) is 85.6 Å². The molecule has 4 atom stereocenters. The Hall–Kier alpha value is -3.52. The molecule has 0 spiro atoms. The number of rotatable bonds is 5. The normalized spacial score (nSPS) is 22.9. The third-order valence-corrected chi connectivity index (χ3v) is 7.51. The molecule has 0 aliphatic carbocycles. The van der Waals surface area contributed by atoms with Gasteiger partial charge < -0.3 is 24.5 Å². The summed E-state index contributed by atoms with van der Waals surface area (Å²) >= 11 is 0. The summed E-state index contributed by atoms with van der Waals surface area (Å²) in [5, 5.41) is 13.0. The zero-order chi connectivity index (χ0) is 25.7. The Kier molecular flexibility index (Phi) is 6.07. The molecule has 1 aromatic heterocycles. The van der Waals surface area contributed by atoms with Crippen molar-refractivity contribution in [2.24, 2.45) is 0 Å². The molecule has 37 heavy (non-hydrogen) atoms. The van der Waals surface area contributed by atoms with Crippen LogP contribution in [0.25, 0.3) is 33.5 Å². The number of fused-ring (bicyclic) bond motifs is 2. The van der Waals surface area contributed by atoms with Gasteiger partial charge in [-0.2, -0.15) is 0 Å². The van der Waals surface area contributed by atoms with Gasteiger partial charge in [0, 0.05) is 17.7 Å². The van der Waals surface area contributed by atoms with E-state index in [0.29, 0.717) is 12.2 Å². The molecule has 1 amide bonds. The lowest BCUT2D eigenvalue weighted by atomic mass is 9.94. The molecule has 2 saturated heterocycles. The van der Waals surface area contributed by atoms with E-state index < -0.39 is 6.10 Å². The summed E-state index contributed by atoms with van der Waals surface area (Å²) in [5.41, 5.74) is 8.13. The first-order chi connectivity index (χ1) is 17.9. The van der Waals surface area contributed by atoms with Gasteiger partial charge in [-0.05, 0) is 55.7 Å². The number of nitrogens with zero attached hydrogens (tertiary/aromatic N) is 2. The van der Waals surface area contributed by atoms with E-state index in [1.807, 2.05) is 24.3 Å². The highest BCUT2D eigenvalue weighted by molar-refractivity contribution is 5.98. The molecule has 4 aromatic rings. The number of aryl methyl sites for hydroxylation is 3. The molecule has 7 nitrogen and oxygen atoms in total. The second-order valence-corrected chi connectivity index (χ2v) is 9.99. The summed E-state index contributed by atoms with van der Waals surface area (Å²) < 4.78 is 13.5. The fourth-order valence-corrected chi connectivity index (χ4v) is 5.68. The maximum atomic E-state index is 13.1. The highest BCUT2D eigenvalue weighted by atomic mass is 16.6. The third-order valence-electron chi connectivity index (χ3n) is 7.51. The standard InChI is InChI=1S/C30H31N3O4/c1-4-33-25-12-10-19(30(35)32-24-15-36-28-26(34)16-37-27(24)28)14-23(25)31-29(33)22-8-6-5-7-21(22)20-11-9-17(2)13-18(20)3/h5-14,24,26-28,34H,4,15-16H2,1-3H3,(H,32,35)/t24-,26-,27-,28-/m1/s1. The predicted molar refractivity (Wildman–Crippen MR) is 142 cm³/mol. The maximum Gasteiger partial charge on any atom is 0.251 e. The van der Waals surface area contributed by atoms with Gasteiger partial charge in [0.15, 0.2) is 0 Å². The van der Waals surface area contributed by atoms with Crippen molar-refractivity contribution < 1.29 is 19.4 Å². The van der Waals surface area contributed by atoms with E-state index in [-0.39, 0.29) is 30.8 Å². The fourth-order valence-electron chi connectivity index (χ4n) is 5.68. The van der Waals surface area contributed by atoms with Crippen molar-refractivity contribution in [2.45, 2.75) is 51.7 Å². The highest BCUT2D eigenvalue weighted by Gasteiger charge is 2.47. The number of aromatic nitrogens is 2. The minimum absolute atomic E-state index is 0.204. The maximum absolute atomic E-state index is 13.1. The minimum atomic E-state index is -0.647. The molecule has 3 aromatic carbocycles. The number of hydrogen-bond acceptors (Lipinski definition) is 5. The van der Waals surface area contributed by atoms with E-state index in [1.165, 1.54) is 16.7 Å². The number of imidazole rings is 1. The molecule has 7 heteroatoms. The zero-order valence-corrected chi connectivity index (χ0v) is 21.3. The molecule has 2 fully saturated rings. The lowest BCUT2D eigenvalue weighted by molar-refractivity contribution is 0.0178. The van der Waals surface area contributed by atoms with Gasteiger partial charge in [0.2, 0.25) is 0 Å². The number of hydrogen-bond donors (Lipinski definition) is 2. The predicted octanol–water partition coefficient (Wildman–Crippen LogP) is 4.26. The smallest absolute Gasteiger partial charge is 0.251 e. The summed E-state index contributed by atoms with van der Waals surface area (Å²) in [7, 11) is 0. The summed E-state index contributed by atoms with van der Waals surface area (Å²) in [6, 6.07) is 20.2. The summed E-state index contributed by atoms with van der Waals surface area (Å²) in [6.45, 7) is 7.66. The quantitative estimate of drug-likeness (QED) is 0.430.